The van der Waals surface area contributed by atoms with Crippen molar-refractivity contribution in [2.45, 2.75) is 70.6 Å². The van der Waals surface area contributed by atoms with E-state index in [1.807, 2.05) is 0 Å². The number of carboxylic acid groups (broad SMARTS) is 1. The van der Waals surface area contributed by atoms with Gasteiger partial charge in [0.05, 0.1) is 23.7 Å². The van der Waals surface area contributed by atoms with Gasteiger partial charge in [-0.2, -0.15) is 4.98 Å². The summed E-state index contributed by atoms with van der Waals surface area (Å²) in [5, 5.41) is 9.49. The van der Waals surface area contributed by atoms with Crippen molar-refractivity contribution in [3.63, 3.8) is 0 Å². The molecule has 1 N–H and O–H groups in total. The van der Waals surface area contributed by atoms with Gasteiger partial charge >= 0.3 is 5.97 Å². The van der Waals surface area contributed by atoms with Gasteiger partial charge in [-0.05, 0) is 50.8 Å². The summed E-state index contributed by atoms with van der Waals surface area (Å²) in [6, 6.07) is 6.60. The second-order valence-corrected chi connectivity index (χ2v) is 10.9. The number of imidazole rings is 1. The van der Waals surface area contributed by atoms with Crippen molar-refractivity contribution in [3.05, 3.63) is 71.6 Å². The second kappa shape index (κ2) is 12.6. The number of hydrogen-bond acceptors (Lipinski definition) is 9. The van der Waals surface area contributed by atoms with Crippen LogP contribution in [0.4, 0.5) is 8.78 Å². The lowest BCUT2D eigenvalue weighted by Gasteiger charge is -2.37. The Morgan fingerprint density at radius 2 is 2.02 bits per heavy atom. The number of fused-ring (bicyclic) bond motifs is 1. The molecule has 0 saturated carbocycles. The molecule has 2 aliphatic rings. The number of aromatic carboxylic acids is 1. The highest BCUT2D eigenvalue weighted by atomic mass is 19.1. The van der Waals surface area contributed by atoms with Gasteiger partial charge in [0.25, 0.3) is 0 Å². The van der Waals surface area contributed by atoms with Crippen LogP contribution in [0, 0.1) is 11.6 Å². The van der Waals surface area contributed by atoms with Crippen LogP contribution >= 0.6 is 0 Å². The van der Waals surface area contributed by atoms with E-state index >= 15 is 0 Å². The molecule has 0 bridgehead atoms. The lowest BCUT2D eigenvalue weighted by molar-refractivity contribution is -0.0564. The van der Waals surface area contributed by atoms with Crippen LogP contribution in [0.1, 0.15) is 54.6 Å². The third-order valence-corrected chi connectivity index (χ3v) is 7.93. The predicted octanol–water partition coefficient (Wildman–Crippen LogP) is 4.39. The number of aromatic nitrogens is 5. The molecule has 2 aliphatic heterocycles. The van der Waals surface area contributed by atoms with Gasteiger partial charge in [-0.1, -0.05) is 0 Å². The number of carboxylic acids is 1. The standard InChI is InChI=1S/C30H32F2N6O5/c1-18-12-22(43-28-4-8-33-26(35-28)17-42-25-3-2-20(31)14-23(25)32)5-9-37(18)16-27-36-29-24(13-19(15-34-29)30(39)40)38(27)10-6-21-7-11-41-21/h2-4,8,13-15,18,21-22H,5-7,9-12,16-17H2,1H3,(H,39,40)/t18-,21?,22-/m0/s1. The van der Waals surface area contributed by atoms with E-state index in [0.717, 1.165) is 56.8 Å². The van der Waals surface area contributed by atoms with E-state index in [4.69, 9.17) is 19.2 Å². The highest BCUT2D eigenvalue weighted by Gasteiger charge is 2.29. The molecule has 0 spiro atoms. The Kier molecular flexibility index (Phi) is 8.43. The first-order valence-corrected chi connectivity index (χ1v) is 14.3. The molecule has 1 unspecified atom stereocenters. The van der Waals surface area contributed by atoms with Crippen LogP contribution in [0.5, 0.6) is 11.6 Å². The Hall–Kier alpha value is -4.23. The average Bonchev–Trinajstić information content (AvgIpc) is 3.29. The monoisotopic (exact) mass is 594 g/mol. The average molecular weight is 595 g/mol. The molecule has 2 fully saturated rings. The number of aryl methyl sites for hydroxylation is 1. The van der Waals surface area contributed by atoms with Crippen molar-refractivity contribution in [2.75, 3.05) is 13.2 Å². The first kappa shape index (κ1) is 28.9. The number of carbonyl (C=O) groups is 1. The summed E-state index contributed by atoms with van der Waals surface area (Å²) in [6.45, 7) is 4.85. The zero-order valence-corrected chi connectivity index (χ0v) is 23.7. The zero-order valence-electron chi connectivity index (χ0n) is 23.7. The summed E-state index contributed by atoms with van der Waals surface area (Å²) in [5.41, 5.74) is 1.38. The van der Waals surface area contributed by atoms with Crippen LogP contribution in [-0.4, -0.2) is 71.9 Å². The van der Waals surface area contributed by atoms with E-state index in [1.54, 1.807) is 18.3 Å². The van der Waals surface area contributed by atoms with Gasteiger partial charge in [0.15, 0.2) is 23.0 Å². The quantitative estimate of drug-likeness (QED) is 0.267. The van der Waals surface area contributed by atoms with Crippen molar-refractivity contribution >= 4 is 17.1 Å². The molecular weight excluding hydrogens is 562 g/mol. The number of benzene rings is 1. The van der Waals surface area contributed by atoms with E-state index in [9.17, 15) is 18.7 Å². The molecule has 0 amide bonds. The molecule has 11 nitrogen and oxygen atoms in total. The van der Waals surface area contributed by atoms with E-state index < -0.39 is 17.6 Å². The van der Waals surface area contributed by atoms with Crippen LogP contribution < -0.4 is 9.47 Å². The number of pyridine rings is 1. The number of ether oxygens (including phenoxy) is 3. The number of hydrogen-bond donors (Lipinski definition) is 1. The number of likely N-dealkylation sites (tertiary alicyclic amines) is 1. The maximum absolute atomic E-state index is 13.9. The van der Waals surface area contributed by atoms with Gasteiger partial charge in [0.1, 0.15) is 24.4 Å². The fourth-order valence-electron chi connectivity index (χ4n) is 5.45. The highest BCUT2D eigenvalue weighted by Crippen LogP contribution is 2.26. The first-order valence-electron chi connectivity index (χ1n) is 14.3. The summed E-state index contributed by atoms with van der Waals surface area (Å²) in [4.78, 5) is 31.6. The minimum absolute atomic E-state index is 0.0705. The fraction of sp³-hybridized carbons (Fsp3) is 0.433. The molecule has 4 aromatic rings. The third kappa shape index (κ3) is 6.73. The summed E-state index contributed by atoms with van der Waals surface area (Å²) in [5.74, 6) is -1.02. The molecule has 6 rings (SSSR count). The maximum atomic E-state index is 13.9. The molecule has 1 aromatic carbocycles. The molecule has 5 heterocycles. The molecule has 3 aromatic heterocycles. The summed E-state index contributed by atoms with van der Waals surface area (Å²) >= 11 is 0. The predicted molar refractivity (Wildman–Crippen MR) is 150 cm³/mol. The van der Waals surface area contributed by atoms with Crippen molar-refractivity contribution in [1.29, 1.82) is 0 Å². The van der Waals surface area contributed by atoms with Crippen LogP contribution in [0.2, 0.25) is 0 Å². The Morgan fingerprint density at radius 1 is 1.16 bits per heavy atom. The van der Waals surface area contributed by atoms with E-state index in [1.165, 1.54) is 12.3 Å². The zero-order chi connectivity index (χ0) is 29.9. The molecule has 13 heteroatoms. The van der Waals surface area contributed by atoms with Gasteiger partial charge in [-0.25, -0.2) is 28.5 Å². The Morgan fingerprint density at radius 3 is 2.77 bits per heavy atom. The van der Waals surface area contributed by atoms with Crippen LogP contribution in [0.15, 0.2) is 42.7 Å². The Balaban J connectivity index is 1.09. The number of rotatable bonds is 11. The molecule has 43 heavy (non-hydrogen) atoms. The molecule has 2 saturated heterocycles. The first-order chi connectivity index (χ1) is 20.8. The lowest BCUT2D eigenvalue weighted by Crippen LogP contribution is -2.44. The molecule has 3 atom stereocenters. The van der Waals surface area contributed by atoms with Crippen molar-refractivity contribution < 1.29 is 32.9 Å². The van der Waals surface area contributed by atoms with Crippen molar-refractivity contribution in [3.8, 4) is 11.6 Å². The van der Waals surface area contributed by atoms with Gasteiger partial charge in [0, 0.05) is 50.3 Å². The van der Waals surface area contributed by atoms with Gasteiger partial charge in [0.2, 0.25) is 5.88 Å². The number of halogens is 2. The lowest BCUT2D eigenvalue weighted by atomic mass is 10.0. The van der Waals surface area contributed by atoms with Crippen LogP contribution in [0.25, 0.3) is 11.2 Å². The molecule has 0 radical (unpaired) electrons. The summed E-state index contributed by atoms with van der Waals surface area (Å²) in [6.07, 6.45) is 6.42. The van der Waals surface area contributed by atoms with Crippen LogP contribution in [0.3, 0.4) is 0 Å². The van der Waals surface area contributed by atoms with E-state index in [-0.39, 0.29) is 36.2 Å². The Bertz CT molecular complexity index is 1610. The van der Waals surface area contributed by atoms with Gasteiger partial charge in [-0.15, -0.1) is 0 Å². The summed E-state index contributed by atoms with van der Waals surface area (Å²) < 4.78 is 46.3. The molecule has 0 aliphatic carbocycles. The van der Waals surface area contributed by atoms with Crippen molar-refractivity contribution in [2.24, 2.45) is 0 Å². The topological polar surface area (TPSA) is 125 Å². The minimum Gasteiger partial charge on any atom is -0.483 e. The number of piperidine rings is 1. The van der Waals surface area contributed by atoms with Gasteiger partial charge < -0.3 is 23.9 Å². The largest absolute Gasteiger partial charge is 0.483 e. The van der Waals surface area contributed by atoms with Crippen LogP contribution in [-0.2, 0) is 24.4 Å². The van der Waals surface area contributed by atoms with Gasteiger partial charge in [-0.3, -0.25) is 4.90 Å². The van der Waals surface area contributed by atoms with Crippen molar-refractivity contribution in [1.82, 2.24) is 29.4 Å². The fourth-order valence-corrected chi connectivity index (χ4v) is 5.45. The minimum atomic E-state index is -1.02. The molecular formula is C30H32F2N6O5. The molecule has 226 valence electrons. The smallest absolute Gasteiger partial charge is 0.337 e. The second-order valence-electron chi connectivity index (χ2n) is 10.9. The maximum Gasteiger partial charge on any atom is 0.337 e. The summed E-state index contributed by atoms with van der Waals surface area (Å²) in [7, 11) is 0. The Labute approximate surface area is 246 Å². The van der Waals surface area contributed by atoms with E-state index in [2.05, 4.69) is 31.3 Å². The normalized spacial score (nSPS) is 20.6. The van der Waals surface area contributed by atoms with E-state index in [0.29, 0.717) is 36.0 Å². The highest BCUT2D eigenvalue weighted by molar-refractivity contribution is 5.90. The SMILES string of the molecule is C[C@H]1C[C@@H](Oc2ccnc(COc3ccc(F)cc3F)n2)CCN1Cc1nc2ncc(C(=O)O)cc2n1CCC1CCO1. The number of nitrogens with zero attached hydrogens (tertiary/aromatic N) is 6. The third-order valence-electron chi connectivity index (χ3n) is 7.93.